The van der Waals surface area contributed by atoms with E-state index in [0.29, 0.717) is 12.5 Å². The van der Waals surface area contributed by atoms with Crippen LogP contribution in [0, 0.1) is 6.92 Å². The highest BCUT2D eigenvalue weighted by Crippen LogP contribution is 2.08. The van der Waals surface area contributed by atoms with E-state index >= 15 is 0 Å². The minimum atomic E-state index is 0.00639. The number of hydrogen-bond acceptors (Lipinski definition) is 5. The molecular weight excluding hydrogens is 218 g/mol. The summed E-state index contributed by atoms with van der Waals surface area (Å²) in [5.74, 6) is 0.535. The first-order chi connectivity index (χ1) is 7.93. The number of nitrogens with zero attached hydrogens (tertiary/aromatic N) is 4. The van der Waals surface area contributed by atoms with Crippen molar-refractivity contribution in [2.45, 2.75) is 13.5 Å². The van der Waals surface area contributed by atoms with E-state index in [2.05, 4.69) is 9.97 Å². The number of amides is 1. The van der Waals surface area contributed by atoms with Gasteiger partial charge in [0, 0.05) is 33.4 Å². The third-order valence-electron chi connectivity index (χ3n) is 2.32. The zero-order chi connectivity index (χ0) is 13.0. The van der Waals surface area contributed by atoms with Crippen LogP contribution >= 0.6 is 0 Å². The summed E-state index contributed by atoms with van der Waals surface area (Å²) in [6.07, 6.45) is 0. The molecule has 6 heteroatoms. The van der Waals surface area contributed by atoms with Crippen LogP contribution in [0.3, 0.4) is 0 Å². The van der Waals surface area contributed by atoms with Crippen molar-refractivity contribution < 1.29 is 4.79 Å². The van der Waals surface area contributed by atoms with Gasteiger partial charge in [-0.1, -0.05) is 0 Å². The number of likely N-dealkylation sites (N-methyl/N-ethyl adjacent to an activating group) is 2. The fourth-order valence-corrected chi connectivity index (χ4v) is 1.31. The zero-order valence-electron chi connectivity index (χ0n) is 10.8. The number of hydrogen-bond donors (Lipinski definition) is 1. The molecule has 1 aromatic rings. The molecule has 2 N–H and O–H groups in total. The summed E-state index contributed by atoms with van der Waals surface area (Å²) >= 11 is 0. The minimum absolute atomic E-state index is 0.00639. The van der Waals surface area contributed by atoms with E-state index < -0.39 is 0 Å². The van der Waals surface area contributed by atoms with E-state index in [1.54, 1.807) is 26.0 Å². The van der Waals surface area contributed by atoms with Crippen molar-refractivity contribution in [3.05, 3.63) is 17.5 Å². The molecule has 0 saturated heterocycles. The molecule has 0 aromatic carbocycles. The topological polar surface area (TPSA) is 75.3 Å². The van der Waals surface area contributed by atoms with Crippen LogP contribution in [-0.2, 0) is 11.3 Å². The van der Waals surface area contributed by atoms with Gasteiger partial charge in [-0.2, -0.15) is 0 Å². The lowest BCUT2D eigenvalue weighted by molar-refractivity contribution is -0.127. The summed E-state index contributed by atoms with van der Waals surface area (Å²) in [5, 5.41) is 0. The van der Waals surface area contributed by atoms with Crippen molar-refractivity contribution in [2.24, 2.45) is 5.73 Å². The van der Waals surface area contributed by atoms with Gasteiger partial charge in [0.05, 0.1) is 12.2 Å². The predicted molar refractivity (Wildman–Crippen MR) is 66.6 cm³/mol. The predicted octanol–water partition coefficient (Wildman–Crippen LogP) is -0.232. The van der Waals surface area contributed by atoms with Gasteiger partial charge in [-0.15, -0.1) is 0 Å². The monoisotopic (exact) mass is 237 g/mol. The Morgan fingerprint density at radius 2 is 2.00 bits per heavy atom. The van der Waals surface area contributed by atoms with E-state index in [-0.39, 0.29) is 12.5 Å². The molecule has 0 atom stereocenters. The van der Waals surface area contributed by atoms with E-state index in [4.69, 9.17) is 5.73 Å². The Morgan fingerprint density at radius 1 is 1.35 bits per heavy atom. The average Bonchev–Trinajstić information content (AvgIpc) is 2.27. The Bertz CT molecular complexity index is 405. The van der Waals surface area contributed by atoms with Gasteiger partial charge in [0.2, 0.25) is 11.9 Å². The molecule has 0 aliphatic heterocycles. The summed E-state index contributed by atoms with van der Waals surface area (Å²) in [6, 6.07) is 1.84. The Morgan fingerprint density at radius 3 is 2.53 bits per heavy atom. The van der Waals surface area contributed by atoms with E-state index in [0.717, 1.165) is 11.4 Å². The molecule has 0 aliphatic rings. The van der Waals surface area contributed by atoms with Gasteiger partial charge in [-0.25, -0.2) is 9.97 Å². The number of aryl methyl sites for hydroxylation is 1. The van der Waals surface area contributed by atoms with Crippen LogP contribution in [0.25, 0.3) is 0 Å². The third-order valence-corrected chi connectivity index (χ3v) is 2.32. The van der Waals surface area contributed by atoms with Crippen molar-refractivity contribution >= 4 is 11.9 Å². The normalized spacial score (nSPS) is 10.2. The van der Waals surface area contributed by atoms with Gasteiger partial charge in [0.1, 0.15) is 0 Å². The number of carbonyl (C=O) groups is 1. The van der Waals surface area contributed by atoms with Crippen LogP contribution in [0.2, 0.25) is 0 Å². The SMILES string of the molecule is Cc1cc(CN)nc(N(C)CC(=O)N(C)C)n1. The lowest BCUT2D eigenvalue weighted by Crippen LogP contribution is -2.35. The molecular formula is C11H19N5O. The highest BCUT2D eigenvalue weighted by Gasteiger charge is 2.12. The maximum atomic E-state index is 11.6. The molecule has 1 rings (SSSR count). The molecule has 0 saturated carbocycles. The van der Waals surface area contributed by atoms with Crippen LogP contribution in [0.15, 0.2) is 6.07 Å². The number of aromatic nitrogens is 2. The van der Waals surface area contributed by atoms with Gasteiger partial charge in [0.15, 0.2) is 0 Å². The second kappa shape index (κ2) is 5.58. The third kappa shape index (κ3) is 3.67. The van der Waals surface area contributed by atoms with Crippen molar-refractivity contribution in [1.29, 1.82) is 0 Å². The summed E-state index contributed by atoms with van der Waals surface area (Å²) < 4.78 is 0. The smallest absolute Gasteiger partial charge is 0.241 e. The van der Waals surface area contributed by atoms with Gasteiger partial charge in [0.25, 0.3) is 0 Å². The van der Waals surface area contributed by atoms with Crippen molar-refractivity contribution in [2.75, 3.05) is 32.6 Å². The maximum absolute atomic E-state index is 11.6. The molecule has 17 heavy (non-hydrogen) atoms. The largest absolute Gasteiger partial charge is 0.347 e. The average molecular weight is 237 g/mol. The Kier molecular flexibility index (Phi) is 4.39. The number of rotatable bonds is 4. The highest BCUT2D eigenvalue weighted by molar-refractivity contribution is 5.80. The molecule has 1 aromatic heterocycles. The number of anilines is 1. The van der Waals surface area contributed by atoms with Crippen molar-refractivity contribution in [3.8, 4) is 0 Å². The molecule has 6 nitrogen and oxygen atoms in total. The summed E-state index contributed by atoms with van der Waals surface area (Å²) in [5.41, 5.74) is 7.17. The molecule has 0 unspecified atom stereocenters. The van der Waals surface area contributed by atoms with Gasteiger partial charge in [-0.05, 0) is 13.0 Å². The van der Waals surface area contributed by atoms with Gasteiger partial charge in [-0.3, -0.25) is 4.79 Å². The molecule has 0 bridgehead atoms. The fourth-order valence-electron chi connectivity index (χ4n) is 1.31. The molecule has 1 heterocycles. The molecule has 94 valence electrons. The lowest BCUT2D eigenvalue weighted by Gasteiger charge is -2.19. The van der Waals surface area contributed by atoms with Crippen LogP contribution in [-0.4, -0.2) is 48.5 Å². The van der Waals surface area contributed by atoms with Crippen molar-refractivity contribution in [1.82, 2.24) is 14.9 Å². The Balaban J connectivity index is 2.84. The molecule has 0 spiro atoms. The van der Waals surface area contributed by atoms with Gasteiger partial charge < -0.3 is 15.5 Å². The lowest BCUT2D eigenvalue weighted by atomic mass is 10.3. The Labute approximate surface area is 101 Å². The summed E-state index contributed by atoms with van der Waals surface area (Å²) in [7, 11) is 5.23. The summed E-state index contributed by atoms with van der Waals surface area (Å²) in [4.78, 5) is 23.4. The van der Waals surface area contributed by atoms with Crippen LogP contribution < -0.4 is 10.6 Å². The first-order valence-electron chi connectivity index (χ1n) is 5.40. The van der Waals surface area contributed by atoms with E-state index in [9.17, 15) is 4.79 Å². The quantitative estimate of drug-likeness (QED) is 0.782. The molecule has 0 fully saturated rings. The first-order valence-corrected chi connectivity index (χ1v) is 5.40. The fraction of sp³-hybridized carbons (Fsp3) is 0.545. The molecule has 0 radical (unpaired) electrons. The standard InChI is InChI=1S/C11H19N5O/c1-8-5-9(6-12)14-11(13-8)16(4)7-10(17)15(2)3/h5H,6-7,12H2,1-4H3. The Hall–Kier alpha value is -1.69. The number of nitrogens with two attached hydrogens (primary N) is 1. The van der Waals surface area contributed by atoms with Crippen molar-refractivity contribution in [3.63, 3.8) is 0 Å². The second-order valence-corrected chi connectivity index (χ2v) is 4.15. The molecule has 1 amide bonds. The van der Waals surface area contributed by atoms with Crippen LogP contribution in [0.5, 0.6) is 0 Å². The van der Waals surface area contributed by atoms with Gasteiger partial charge >= 0.3 is 0 Å². The minimum Gasteiger partial charge on any atom is -0.347 e. The highest BCUT2D eigenvalue weighted by atomic mass is 16.2. The number of carbonyl (C=O) groups excluding carboxylic acids is 1. The van der Waals surface area contributed by atoms with E-state index in [1.165, 1.54) is 4.90 Å². The van der Waals surface area contributed by atoms with Crippen LogP contribution in [0.4, 0.5) is 5.95 Å². The zero-order valence-corrected chi connectivity index (χ0v) is 10.8. The second-order valence-electron chi connectivity index (χ2n) is 4.15. The van der Waals surface area contributed by atoms with Crippen LogP contribution in [0.1, 0.15) is 11.4 Å². The molecule has 0 aliphatic carbocycles. The first kappa shape index (κ1) is 13.4. The van der Waals surface area contributed by atoms with E-state index in [1.807, 2.05) is 13.0 Å². The maximum Gasteiger partial charge on any atom is 0.241 e. The summed E-state index contributed by atoms with van der Waals surface area (Å²) in [6.45, 7) is 2.50.